The van der Waals surface area contributed by atoms with Crippen molar-refractivity contribution in [2.24, 2.45) is 5.73 Å². The number of carbonyl (C=O) groups excluding carboxylic acids is 3. The lowest BCUT2D eigenvalue weighted by molar-refractivity contribution is -0.137. The third-order valence-electron chi connectivity index (χ3n) is 3.78. The summed E-state index contributed by atoms with van der Waals surface area (Å²) in [6.45, 7) is 0. The highest BCUT2D eigenvalue weighted by Crippen LogP contribution is 2.21. The van der Waals surface area contributed by atoms with E-state index in [1.165, 1.54) is 17.5 Å². The Hall–Kier alpha value is -3.26. The van der Waals surface area contributed by atoms with E-state index in [1.54, 1.807) is 24.5 Å². The molecule has 3 aromatic rings. The molecule has 2 amide bonds. The lowest BCUT2D eigenvalue weighted by atomic mass is 10.1. The van der Waals surface area contributed by atoms with Crippen LogP contribution in [0.2, 0.25) is 0 Å². The molecule has 3 aromatic heterocycles. The number of hydrogen-bond acceptors (Lipinski definition) is 5. The van der Waals surface area contributed by atoms with Crippen LogP contribution in [0.25, 0.3) is 11.3 Å². The molecule has 8 heteroatoms. The Morgan fingerprint density at radius 2 is 2.04 bits per heavy atom. The molecule has 0 aromatic carbocycles. The summed E-state index contributed by atoms with van der Waals surface area (Å²) in [5.41, 5.74) is 6.68. The summed E-state index contributed by atoms with van der Waals surface area (Å²) < 4.78 is 0. The van der Waals surface area contributed by atoms with Gasteiger partial charge in [-0.1, -0.05) is 12.1 Å². The second-order valence-corrected chi connectivity index (χ2v) is 6.57. The molecule has 0 fully saturated rings. The fraction of sp³-hybridized carbons (Fsp3) is 0.111. The van der Waals surface area contributed by atoms with Crippen LogP contribution in [0.1, 0.15) is 15.2 Å². The molecule has 0 bridgehead atoms. The van der Waals surface area contributed by atoms with Gasteiger partial charge >= 0.3 is 0 Å². The quantitative estimate of drug-likeness (QED) is 0.548. The second kappa shape index (κ2) is 7.75. The number of pyridine rings is 1. The van der Waals surface area contributed by atoms with Crippen LogP contribution in [0.3, 0.4) is 0 Å². The first-order chi connectivity index (χ1) is 12.6. The van der Waals surface area contributed by atoms with E-state index in [9.17, 15) is 14.4 Å². The SMILES string of the molecule is NC(=O)C(=O)C(Cc1cccs1)NC(=O)c1c[nH]cc1-c1ccccn1. The third-order valence-corrected chi connectivity index (χ3v) is 4.68. The summed E-state index contributed by atoms with van der Waals surface area (Å²) in [4.78, 5) is 44.1. The van der Waals surface area contributed by atoms with Crippen molar-refractivity contribution in [2.75, 3.05) is 0 Å². The molecular formula is C18H16N4O3S. The standard InChI is InChI=1S/C18H16N4O3S/c19-17(24)16(23)15(8-11-4-3-7-26-11)22-18(25)13-10-20-9-12(13)14-5-1-2-6-21-14/h1-7,9-10,15,20H,8H2,(H2,19,24)(H,22,25). The van der Waals surface area contributed by atoms with Crippen LogP contribution < -0.4 is 11.1 Å². The predicted octanol–water partition coefficient (Wildman–Crippen LogP) is 1.53. The maximum atomic E-state index is 12.7. The van der Waals surface area contributed by atoms with E-state index < -0.39 is 23.6 Å². The summed E-state index contributed by atoms with van der Waals surface area (Å²) in [7, 11) is 0. The van der Waals surface area contributed by atoms with Gasteiger partial charge in [-0.2, -0.15) is 0 Å². The molecule has 7 nitrogen and oxygen atoms in total. The number of aromatic amines is 1. The molecule has 0 saturated heterocycles. The lowest BCUT2D eigenvalue weighted by Crippen LogP contribution is -2.47. The number of Topliss-reactive ketones (excluding diaryl/α,β-unsaturated/α-hetero) is 1. The molecule has 3 heterocycles. The number of H-pyrrole nitrogens is 1. The van der Waals surface area contributed by atoms with Crippen LogP contribution >= 0.6 is 11.3 Å². The zero-order chi connectivity index (χ0) is 18.5. The van der Waals surface area contributed by atoms with Crippen LogP contribution in [0.4, 0.5) is 0 Å². The van der Waals surface area contributed by atoms with E-state index in [4.69, 9.17) is 5.73 Å². The topological polar surface area (TPSA) is 118 Å². The van der Waals surface area contributed by atoms with Gasteiger partial charge in [-0.05, 0) is 23.6 Å². The number of nitrogens with two attached hydrogens (primary N) is 1. The molecule has 132 valence electrons. The van der Waals surface area contributed by atoms with Gasteiger partial charge in [-0.25, -0.2) is 0 Å². The van der Waals surface area contributed by atoms with E-state index in [0.29, 0.717) is 16.8 Å². The van der Waals surface area contributed by atoms with Gasteiger partial charge in [0, 0.05) is 35.5 Å². The first kappa shape index (κ1) is 17.6. The summed E-state index contributed by atoms with van der Waals surface area (Å²) in [6.07, 6.45) is 5.01. The zero-order valence-electron chi connectivity index (χ0n) is 13.6. The van der Waals surface area contributed by atoms with Crippen LogP contribution in [0.5, 0.6) is 0 Å². The summed E-state index contributed by atoms with van der Waals surface area (Å²) in [5.74, 6) is -2.39. The molecule has 4 N–H and O–H groups in total. The summed E-state index contributed by atoms with van der Waals surface area (Å²) in [5, 5.41) is 4.47. The number of aromatic nitrogens is 2. The van der Waals surface area contributed by atoms with Crippen LogP contribution in [0, 0.1) is 0 Å². The minimum atomic E-state index is -1.08. The van der Waals surface area contributed by atoms with Crippen molar-refractivity contribution in [3.63, 3.8) is 0 Å². The van der Waals surface area contributed by atoms with Gasteiger partial charge in [0.2, 0.25) is 5.78 Å². The van der Waals surface area contributed by atoms with E-state index >= 15 is 0 Å². The van der Waals surface area contributed by atoms with Crippen molar-refractivity contribution in [3.8, 4) is 11.3 Å². The van der Waals surface area contributed by atoms with Gasteiger partial charge in [0.05, 0.1) is 11.3 Å². The highest BCUT2D eigenvalue weighted by Gasteiger charge is 2.27. The summed E-state index contributed by atoms with van der Waals surface area (Å²) >= 11 is 1.43. The second-order valence-electron chi connectivity index (χ2n) is 5.54. The first-order valence-corrected chi connectivity index (χ1v) is 8.69. The van der Waals surface area contributed by atoms with Crippen molar-refractivity contribution in [1.29, 1.82) is 0 Å². The zero-order valence-corrected chi connectivity index (χ0v) is 14.5. The van der Waals surface area contributed by atoms with Crippen molar-refractivity contribution >= 4 is 28.9 Å². The molecule has 0 radical (unpaired) electrons. The molecule has 0 aliphatic rings. The fourth-order valence-corrected chi connectivity index (χ4v) is 3.28. The smallest absolute Gasteiger partial charge is 0.287 e. The molecule has 3 rings (SSSR count). The molecule has 26 heavy (non-hydrogen) atoms. The Labute approximate surface area is 153 Å². The molecule has 0 saturated carbocycles. The number of amides is 2. The Bertz CT molecular complexity index is 919. The predicted molar refractivity (Wildman–Crippen MR) is 97.5 cm³/mol. The van der Waals surface area contributed by atoms with Gasteiger partial charge < -0.3 is 16.0 Å². The molecule has 1 atom stereocenters. The van der Waals surface area contributed by atoms with Crippen molar-refractivity contribution < 1.29 is 14.4 Å². The van der Waals surface area contributed by atoms with Crippen molar-refractivity contribution in [3.05, 3.63) is 64.7 Å². The van der Waals surface area contributed by atoms with E-state index in [-0.39, 0.29) is 6.42 Å². The molecule has 0 spiro atoms. The maximum absolute atomic E-state index is 12.7. The highest BCUT2D eigenvalue weighted by atomic mass is 32.1. The lowest BCUT2D eigenvalue weighted by Gasteiger charge is -2.15. The maximum Gasteiger partial charge on any atom is 0.287 e. The Morgan fingerprint density at radius 1 is 1.19 bits per heavy atom. The number of ketones is 1. The number of carbonyl (C=O) groups is 3. The summed E-state index contributed by atoms with van der Waals surface area (Å²) in [6, 6.07) is 8.00. The molecular weight excluding hydrogens is 352 g/mol. The van der Waals surface area contributed by atoms with Crippen LogP contribution in [0.15, 0.2) is 54.3 Å². The number of nitrogens with zero attached hydrogens (tertiary/aromatic N) is 1. The number of thiophene rings is 1. The Kier molecular flexibility index (Phi) is 5.23. The van der Waals surface area contributed by atoms with Crippen molar-refractivity contribution in [1.82, 2.24) is 15.3 Å². The average molecular weight is 368 g/mol. The number of primary amides is 1. The normalized spacial score (nSPS) is 11.7. The fourth-order valence-electron chi connectivity index (χ4n) is 2.53. The van der Waals surface area contributed by atoms with E-state index in [1.807, 2.05) is 23.6 Å². The molecule has 1 unspecified atom stereocenters. The van der Waals surface area contributed by atoms with Crippen LogP contribution in [-0.2, 0) is 16.0 Å². The first-order valence-electron chi connectivity index (χ1n) is 7.81. The van der Waals surface area contributed by atoms with E-state index in [0.717, 1.165) is 4.88 Å². The number of hydrogen-bond donors (Lipinski definition) is 3. The highest BCUT2D eigenvalue weighted by molar-refractivity contribution is 7.09. The largest absolute Gasteiger partial charge is 0.366 e. The molecule has 0 aliphatic heterocycles. The van der Waals surface area contributed by atoms with E-state index in [2.05, 4.69) is 15.3 Å². The number of nitrogens with one attached hydrogen (secondary N) is 2. The average Bonchev–Trinajstić information content (AvgIpc) is 3.32. The Balaban J connectivity index is 1.83. The van der Waals surface area contributed by atoms with Gasteiger partial charge in [0.15, 0.2) is 0 Å². The minimum Gasteiger partial charge on any atom is -0.366 e. The van der Waals surface area contributed by atoms with Gasteiger partial charge in [0.25, 0.3) is 11.8 Å². The van der Waals surface area contributed by atoms with Gasteiger partial charge in [0.1, 0.15) is 6.04 Å². The van der Waals surface area contributed by atoms with Crippen LogP contribution in [-0.4, -0.2) is 33.6 Å². The number of rotatable bonds is 7. The third kappa shape index (κ3) is 3.86. The monoisotopic (exact) mass is 368 g/mol. The van der Waals surface area contributed by atoms with Crippen molar-refractivity contribution in [2.45, 2.75) is 12.5 Å². The minimum absolute atomic E-state index is 0.203. The van der Waals surface area contributed by atoms with Gasteiger partial charge in [-0.15, -0.1) is 11.3 Å². The van der Waals surface area contributed by atoms with Gasteiger partial charge in [-0.3, -0.25) is 19.4 Å². The molecule has 0 aliphatic carbocycles. The Morgan fingerprint density at radius 3 is 2.69 bits per heavy atom.